The lowest BCUT2D eigenvalue weighted by molar-refractivity contribution is 0.0363. The average Bonchev–Trinajstić information content (AvgIpc) is 2.34. The van der Waals surface area contributed by atoms with E-state index in [0.717, 1.165) is 6.42 Å². The molecule has 108 valence electrons. The van der Waals surface area contributed by atoms with E-state index in [9.17, 15) is 5.11 Å². The third kappa shape index (κ3) is 5.98. The monoisotopic (exact) mass is 281 g/mol. The van der Waals surface area contributed by atoms with Crippen LogP contribution in [0.2, 0.25) is 0 Å². The van der Waals surface area contributed by atoms with Gasteiger partial charge in [0.05, 0.1) is 5.60 Å². The highest BCUT2D eigenvalue weighted by Crippen LogP contribution is 2.20. The van der Waals surface area contributed by atoms with Crippen molar-refractivity contribution >= 4 is 11.8 Å². The largest absolute Gasteiger partial charge is 0.389 e. The molecule has 1 aromatic rings. The highest BCUT2D eigenvalue weighted by molar-refractivity contribution is 7.98. The molecule has 0 aliphatic heterocycles. The van der Waals surface area contributed by atoms with Gasteiger partial charge in [-0.05, 0) is 50.1 Å². The quantitative estimate of drug-likeness (QED) is 0.744. The van der Waals surface area contributed by atoms with Crippen molar-refractivity contribution in [3.63, 3.8) is 0 Å². The second-order valence-corrected chi connectivity index (χ2v) is 6.85. The molecule has 19 heavy (non-hydrogen) atoms. The highest BCUT2D eigenvalue weighted by Gasteiger charge is 2.22. The van der Waals surface area contributed by atoms with Gasteiger partial charge < -0.3 is 10.4 Å². The molecule has 0 aromatic heterocycles. The first-order valence-electron chi connectivity index (χ1n) is 6.94. The van der Waals surface area contributed by atoms with E-state index in [2.05, 4.69) is 56.6 Å². The van der Waals surface area contributed by atoms with E-state index >= 15 is 0 Å². The van der Waals surface area contributed by atoms with Gasteiger partial charge in [-0.15, -0.1) is 11.8 Å². The van der Waals surface area contributed by atoms with Crippen LogP contribution < -0.4 is 5.32 Å². The van der Waals surface area contributed by atoms with Crippen LogP contribution in [0.3, 0.4) is 0 Å². The SMILES string of the molecule is CSc1ccc(C(C)NCC(C)(O)CC(C)C)cc1. The Balaban J connectivity index is 2.52. The van der Waals surface area contributed by atoms with Crippen LogP contribution >= 0.6 is 11.8 Å². The Labute approximate surface area is 122 Å². The summed E-state index contributed by atoms with van der Waals surface area (Å²) in [6.45, 7) is 8.94. The molecule has 0 aliphatic carbocycles. The van der Waals surface area contributed by atoms with E-state index < -0.39 is 5.60 Å². The first-order chi connectivity index (χ1) is 8.84. The zero-order chi connectivity index (χ0) is 14.5. The lowest BCUT2D eigenvalue weighted by Gasteiger charge is -2.27. The molecule has 0 bridgehead atoms. The first kappa shape index (κ1) is 16.5. The predicted octanol–water partition coefficient (Wildman–Crippen LogP) is 3.86. The summed E-state index contributed by atoms with van der Waals surface area (Å²) in [6.07, 6.45) is 2.90. The molecule has 2 unspecified atom stereocenters. The van der Waals surface area contributed by atoms with Crippen molar-refractivity contribution in [2.45, 2.75) is 50.7 Å². The number of thioether (sulfide) groups is 1. The minimum Gasteiger partial charge on any atom is -0.389 e. The van der Waals surface area contributed by atoms with Gasteiger partial charge in [-0.25, -0.2) is 0 Å². The zero-order valence-electron chi connectivity index (χ0n) is 12.7. The van der Waals surface area contributed by atoms with E-state index in [1.54, 1.807) is 11.8 Å². The maximum Gasteiger partial charge on any atom is 0.0746 e. The van der Waals surface area contributed by atoms with Crippen molar-refractivity contribution in [3.05, 3.63) is 29.8 Å². The summed E-state index contributed by atoms with van der Waals surface area (Å²) in [5.74, 6) is 0.507. The van der Waals surface area contributed by atoms with Crippen LogP contribution in [0.1, 0.15) is 45.7 Å². The van der Waals surface area contributed by atoms with Crippen LogP contribution in [0.5, 0.6) is 0 Å². The van der Waals surface area contributed by atoms with Gasteiger partial charge in [-0.3, -0.25) is 0 Å². The lowest BCUT2D eigenvalue weighted by Crippen LogP contribution is -2.39. The molecule has 1 aromatic carbocycles. The number of nitrogens with one attached hydrogen (secondary N) is 1. The van der Waals surface area contributed by atoms with Crippen molar-refractivity contribution < 1.29 is 5.11 Å². The second kappa shape index (κ2) is 7.32. The van der Waals surface area contributed by atoms with Crippen molar-refractivity contribution in [1.82, 2.24) is 5.32 Å². The van der Waals surface area contributed by atoms with Crippen LogP contribution in [0.25, 0.3) is 0 Å². The van der Waals surface area contributed by atoms with E-state index in [-0.39, 0.29) is 6.04 Å². The molecule has 0 saturated carbocycles. The van der Waals surface area contributed by atoms with Crippen molar-refractivity contribution in [1.29, 1.82) is 0 Å². The molecule has 0 saturated heterocycles. The molecule has 0 fully saturated rings. The van der Waals surface area contributed by atoms with Crippen LogP contribution in [-0.4, -0.2) is 23.5 Å². The molecule has 0 amide bonds. The lowest BCUT2D eigenvalue weighted by atomic mass is 9.94. The Morgan fingerprint density at radius 3 is 2.26 bits per heavy atom. The summed E-state index contributed by atoms with van der Waals surface area (Å²) in [7, 11) is 0. The molecule has 2 atom stereocenters. The summed E-state index contributed by atoms with van der Waals surface area (Å²) in [5, 5.41) is 13.7. The summed E-state index contributed by atoms with van der Waals surface area (Å²) in [4.78, 5) is 1.28. The molecule has 0 heterocycles. The Bertz CT molecular complexity index is 373. The standard InChI is InChI=1S/C16H27NOS/c1-12(2)10-16(4,18)11-17-13(3)14-6-8-15(19-5)9-7-14/h6-9,12-13,17-18H,10-11H2,1-5H3. The van der Waals surface area contributed by atoms with Gasteiger partial charge in [0.15, 0.2) is 0 Å². The fourth-order valence-corrected chi connectivity index (χ4v) is 2.74. The Morgan fingerprint density at radius 2 is 1.79 bits per heavy atom. The van der Waals surface area contributed by atoms with Gasteiger partial charge in [-0.2, -0.15) is 0 Å². The zero-order valence-corrected chi connectivity index (χ0v) is 13.6. The smallest absolute Gasteiger partial charge is 0.0746 e. The van der Waals surface area contributed by atoms with E-state index in [0.29, 0.717) is 12.5 Å². The maximum atomic E-state index is 10.3. The fourth-order valence-electron chi connectivity index (χ4n) is 2.34. The van der Waals surface area contributed by atoms with Crippen molar-refractivity contribution in [2.24, 2.45) is 5.92 Å². The molecule has 0 aliphatic rings. The Morgan fingerprint density at radius 1 is 1.21 bits per heavy atom. The Kier molecular flexibility index (Phi) is 6.37. The minimum atomic E-state index is -0.637. The summed E-state index contributed by atoms with van der Waals surface area (Å²) in [5.41, 5.74) is 0.625. The van der Waals surface area contributed by atoms with Crippen LogP contribution in [-0.2, 0) is 0 Å². The first-order valence-corrected chi connectivity index (χ1v) is 8.16. The molecule has 2 nitrogen and oxygen atoms in total. The summed E-state index contributed by atoms with van der Waals surface area (Å²) < 4.78 is 0. The summed E-state index contributed by atoms with van der Waals surface area (Å²) >= 11 is 1.75. The Hall–Kier alpha value is -0.510. The van der Waals surface area contributed by atoms with Gasteiger partial charge in [0.25, 0.3) is 0 Å². The number of aliphatic hydroxyl groups is 1. The minimum absolute atomic E-state index is 0.259. The number of benzene rings is 1. The van der Waals surface area contributed by atoms with E-state index in [1.807, 2.05) is 6.92 Å². The van der Waals surface area contributed by atoms with Crippen LogP contribution in [0, 0.1) is 5.92 Å². The van der Waals surface area contributed by atoms with E-state index in [4.69, 9.17) is 0 Å². The van der Waals surface area contributed by atoms with Crippen molar-refractivity contribution in [3.8, 4) is 0 Å². The molecular weight excluding hydrogens is 254 g/mol. The third-order valence-electron chi connectivity index (χ3n) is 3.25. The van der Waals surface area contributed by atoms with Gasteiger partial charge in [0.1, 0.15) is 0 Å². The molecular formula is C16H27NOS. The second-order valence-electron chi connectivity index (χ2n) is 5.97. The fraction of sp³-hybridized carbons (Fsp3) is 0.625. The predicted molar refractivity (Wildman–Crippen MR) is 84.7 cm³/mol. The van der Waals surface area contributed by atoms with Gasteiger partial charge >= 0.3 is 0 Å². The van der Waals surface area contributed by atoms with Crippen LogP contribution in [0.15, 0.2) is 29.2 Å². The molecule has 0 radical (unpaired) electrons. The van der Waals surface area contributed by atoms with E-state index in [1.165, 1.54) is 10.5 Å². The molecule has 3 heteroatoms. The molecule has 2 N–H and O–H groups in total. The average molecular weight is 281 g/mol. The number of rotatable bonds is 7. The normalized spacial score (nSPS) is 16.4. The van der Waals surface area contributed by atoms with Crippen LogP contribution in [0.4, 0.5) is 0 Å². The molecule has 0 spiro atoms. The van der Waals surface area contributed by atoms with Crippen molar-refractivity contribution in [2.75, 3.05) is 12.8 Å². The van der Waals surface area contributed by atoms with Gasteiger partial charge in [0.2, 0.25) is 0 Å². The molecule has 1 rings (SSSR count). The third-order valence-corrected chi connectivity index (χ3v) is 4.00. The topological polar surface area (TPSA) is 32.3 Å². The number of hydrogen-bond acceptors (Lipinski definition) is 3. The summed E-state index contributed by atoms with van der Waals surface area (Å²) in [6, 6.07) is 8.85. The maximum absolute atomic E-state index is 10.3. The number of hydrogen-bond donors (Lipinski definition) is 2. The van der Waals surface area contributed by atoms with Gasteiger partial charge in [-0.1, -0.05) is 26.0 Å². The van der Waals surface area contributed by atoms with Gasteiger partial charge in [0, 0.05) is 17.5 Å². The highest BCUT2D eigenvalue weighted by atomic mass is 32.2.